The number of para-hydroxylation sites is 1. The fourth-order valence-corrected chi connectivity index (χ4v) is 12.5. The summed E-state index contributed by atoms with van der Waals surface area (Å²) in [6.07, 6.45) is 6.26. The first-order chi connectivity index (χ1) is 29.8. The third kappa shape index (κ3) is 5.07. The number of rotatable bonds is 5. The van der Waals surface area contributed by atoms with Crippen LogP contribution in [0, 0.1) is 0 Å². The summed E-state index contributed by atoms with van der Waals surface area (Å²) < 4.78 is 0. The number of hydrogen-bond donors (Lipinski definition) is 0. The van der Waals surface area contributed by atoms with Gasteiger partial charge in [0.25, 0.3) is 0 Å². The van der Waals surface area contributed by atoms with Crippen molar-refractivity contribution in [3.8, 4) is 55.6 Å². The fraction of sp³-hybridized carbons (Fsp3) is 0.200. The second-order valence-electron chi connectivity index (χ2n) is 19.1. The Morgan fingerprint density at radius 3 is 1.67 bits per heavy atom. The van der Waals surface area contributed by atoms with E-state index in [1.54, 1.807) is 0 Å². The van der Waals surface area contributed by atoms with E-state index in [1.165, 1.54) is 138 Å². The summed E-state index contributed by atoms with van der Waals surface area (Å²) in [6, 6.07) is 67.1. The Morgan fingerprint density at radius 1 is 0.361 bits per heavy atom. The molecule has 0 N–H and O–H groups in total. The highest BCUT2D eigenvalue weighted by Crippen LogP contribution is 2.61. The molecule has 0 unspecified atom stereocenters. The molecule has 4 aliphatic rings. The maximum absolute atomic E-state index is 2.62. The molecule has 0 atom stereocenters. The van der Waals surface area contributed by atoms with Gasteiger partial charge >= 0.3 is 0 Å². The first-order valence-corrected chi connectivity index (χ1v) is 22.5. The van der Waals surface area contributed by atoms with E-state index in [4.69, 9.17) is 0 Å². The summed E-state index contributed by atoms with van der Waals surface area (Å²) in [5.41, 5.74) is 25.3. The summed E-state index contributed by atoms with van der Waals surface area (Å²) in [5, 5.41) is 0. The molecule has 0 bridgehead atoms. The Bertz CT molecular complexity index is 3080. The second-order valence-corrected chi connectivity index (χ2v) is 19.1. The van der Waals surface area contributed by atoms with Crippen molar-refractivity contribution in [2.75, 3.05) is 4.90 Å². The SMILES string of the molecule is CC1(C)c2ccccc2-c2c(-c3ccccc3N(c3cccc(-c4cccc5c4C(C)(C)c4ccccc4-5)c3)c3cccc4c3-c3ccccc3C43CCCCC3)cccc21. The first-order valence-electron chi connectivity index (χ1n) is 22.5. The van der Waals surface area contributed by atoms with Gasteiger partial charge in [-0.15, -0.1) is 0 Å². The normalized spacial score (nSPS) is 16.6. The number of nitrogens with zero attached hydrogens (tertiary/aromatic N) is 1. The lowest BCUT2D eigenvalue weighted by atomic mass is 9.68. The number of fused-ring (bicyclic) bond motifs is 11. The van der Waals surface area contributed by atoms with Crippen LogP contribution in [-0.2, 0) is 16.2 Å². The maximum Gasteiger partial charge on any atom is 0.0543 e. The van der Waals surface area contributed by atoms with Gasteiger partial charge in [0.05, 0.1) is 11.4 Å². The minimum atomic E-state index is -0.124. The maximum atomic E-state index is 2.62. The van der Waals surface area contributed by atoms with E-state index in [1.807, 2.05) is 0 Å². The minimum Gasteiger partial charge on any atom is -0.309 e. The van der Waals surface area contributed by atoms with Crippen molar-refractivity contribution in [1.82, 2.24) is 0 Å². The quantitative estimate of drug-likeness (QED) is 0.168. The van der Waals surface area contributed by atoms with Crippen molar-refractivity contribution in [1.29, 1.82) is 0 Å². The Morgan fingerprint density at radius 2 is 0.885 bits per heavy atom. The van der Waals surface area contributed by atoms with Gasteiger partial charge in [0.2, 0.25) is 0 Å². The van der Waals surface area contributed by atoms with Gasteiger partial charge in [-0.3, -0.25) is 0 Å². The summed E-state index contributed by atoms with van der Waals surface area (Å²) in [6.45, 7) is 9.57. The average molecular weight is 786 g/mol. The Hall–Kier alpha value is -6.44. The predicted molar refractivity (Wildman–Crippen MR) is 256 cm³/mol. The van der Waals surface area contributed by atoms with Crippen molar-refractivity contribution in [2.24, 2.45) is 0 Å². The van der Waals surface area contributed by atoms with Crippen molar-refractivity contribution in [2.45, 2.75) is 76.0 Å². The molecular formula is C60H51N. The summed E-state index contributed by atoms with van der Waals surface area (Å²) in [5.74, 6) is 0. The highest BCUT2D eigenvalue weighted by Gasteiger charge is 2.45. The standard InChI is InChI=1S/C60H51N/c1-58(2)49-30-11-7-24-46(49)55-44(27-18-32-51(55)58)43-23-9-13-34-53(43)61(54-35-19-33-52-56(54)47-25-8-12-31-50(47)60(52)36-14-5-15-37-60)40-21-16-20-39(38-40)41-26-17-28-45-42-22-6-10-29-48(42)59(3,4)57(41)45/h6-13,16-35,38H,5,14-15,36-37H2,1-4H3. The van der Waals surface area contributed by atoms with Crippen LogP contribution in [0.2, 0.25) is 0 Å². The first kappa shape index (κ1) is 36.4. The molecule has 0 radical (unpaired) electrons. The van der Waals surface area contributed by atoms with Gasteiger partial charge in [-0.2, -0.15) is 0 Å². The second kappa shape index (κ2) is 13.3. The van der Waals surface area contributed by atoms with Gasteiger partial charge in [0, 0.05) is 33.1 Å². The largest absolute Gasteiger partial charge is 0.309 e. The van der Waals surface area contributed by atoms with Crippen molar-refractivity contribution in [3.05, 3.63) is 209 Å². The van der Waals surface area contributed by atoms with Crippen molar-refractivity contribution in [3.63, 3.8) is 0 Å². The molecule has 0 saturated heterocycles. The minimum absolute atomic E-state index is 0.0496. The van der Waals surface area contributed by atoms with Gasteiger partial charge in [0.1, 0.15) is 0 Å². The van der Waals surface area contributed by atoms with E-state index in [2.05, 4.69) is 209 Å². The summed E-state index contributed by atoms with van der Waals surface area (Å²) >= 11 is 0. The third-order valence-electron chi connectivity index (χ3n) is 15.3. The van der Waals surface area contributed by atoms with Crippen LogP contribution in [0.4, 0.5) is 17.1 Å². The molecular weight excluding hydrogens is 735 g/mol. The highest BCUT2D eigenvalue weighted by molar-refractivity contribution is 6.02. The van der Waals surface area contributed by atoms with Crippen LogP contribution in [0.1, 0.15) is 93.2 Å². The van der Waals surface area contributed by atoms with E-state index in [9.17, 15) is 0 Å². The van der Waals surface area contributed by atoms with E-state index < -0.39 is 0 Å². The van der Waals surface area contributed by atoms with Gasteiger partial charge in [-0.05, 0) is 115 Å². The van der Waals surface area contributed by atoms with Crippen molar-refractivity contribution < 1.29 is 0 Å². The van der Waals surface area contributed by atoms with E-state index in [0.717, 1.165) is 0 Å². The van der Waals surface area contributed by atoms with Crippen LogP contribution < -0.4 is 4.90 Å². The molecule has 1 saturated carbocycles. The lowest BCUT2D eigenvalue weighted by Crippen LogP contribution is -2.28. The molecule has 0 aromatic heterocycles. The molecule has 4 aliphatic carbocycles. The number of benzene rings is 8. The monoisotopic (exact) mass is 785 g/mol. The molecule has 296 valence electrons. The molecule has 8 aromatic rings. The highest BCUT2D eigenvalue weighted by atomic mass is 15.1. The predicted octanol–water partition coefficient (Wildman–Crippen LogP) is 16.3. The van der Waals surface area contributed by atoms with Crippen LogP contribution in [0.3, 0.4) is 0 Å². The van der Waals surface area contributed by atoms with E-state index >= 15 is 0 Å². The van der Waals surface area contributed by atoms with E-state index in [0.29, 0.717) is 0 Å². The molecule has 12 rings (SSSR count). The van der Waals surface area contributed by atoms with Gasteiger partial charge in [0.15, 0.2) is 0 Å². The zero-order valence-corrected chi connectivity index (χ0v) is 35.7. The molecule has 0 amide bonds. The lowest BCUT2D eigenvalue weighted by molar-refractivity contribution is 0.353. The number of anilines is 3. The lowest BCUT2D eigenvalue weighted by Gasteiger charge is -2.36. The Labute approximate surface area is 361 Å². The van der Waals surface area contributed by atoms with E-state index in [-0.39, 0.29) is 16.2 Å². The Kier molecular flexibility index (Phi) is 7.93. The van der Waals surface area contributed by atoms with Gasteiger partial charge < -0.3 is 4.90 Å². The number of hydrogen-bond acceptors (Lipinski definition) is 1. The summed E-state index contributed by atoms with van der Waals surface area (Å²) in [7, 11) is 0. The van der Waals surface area contributed by atoms with Gasteiger partial charge in [-0.25, -0.2) is 0 Å². The smallest absolute Gasteiger partial charge is 0.0543 e. The van der Waals surface area contributed by atoms with Crippen LogP contribution in [0.25, 0.3) is 55.6 Å². The molecule has 61 heavy (non-hydrogen) atoms. The third-order valence-corrected chi connectivity index (χ3v) is 15.3. The molecule has 0 aliphatic heterocycles. The van der Waals surface area contributed by atoms with Crippen molar-refractivity contribution >= 4 is 17.1 Å². The molecule has 0 heterocycles. The zero-order chi connectivity index (χ0) is 41.1. The van der Waals surface area contributed by atoms with Crippen LogP contribution in [0.15, 0.2) is 176 Å². The van der Waals surface area contributed by atoms with Crippen LogP contribution in [0.5, 0.6) is 0 Å². The summed E-state index contributed by atoms with van der Waals surface area (Å²) in [4.78, 5) is 2.62. The molecule has 1 heteroatoms. The Balaban J connectivity index is 1.12. The average Bonchev–Trinajstić information content (AvgIpc) is 3.82. The topological polar surface area (TPSA) is 3.24 Å². The molecule has 8 aromatic carbocycles. The van der Waals surface area contributed by atoms with Crippen LogP contribution >= 0.6 is 0 Å². The fourth-order valence-electron chi connectivity index (χ4n) is 12.5. The molecule has 1 nitrogen and oxygen atoms in total. The zero-order valence-electron chi connectivity index (χ0n) is 35.7. The van der Waals surface area contributed by atoms with Crippen LogP contribution in [-0.4, -0.2) is 0 Å². The molecule has 1 spiro atoms. The molecule has 1 fully saturated rings. The van der Waals surface area contributed by atoms with Gasteiger partial charge in [-0.1, -0.05) is 199 Å².